The van der Waals surface area contributed by atoms with Gasteiger partial charge in [-0.3, -0.25) is 0 Å². The summed E-state index contributed by atoms with van der Waals surface area (Å²) in [5.74, 6) is -0.168. The third-order valence-electron chi connectivity index (χ3n) is 3.82. The SMILES string of the molecule is Clc1ccc(Cl)c2c1OC(c1ccccc1)(c1ccccc1)O2. The molecule has 1 heterocycles. The van der Waals surface area contributed by atoms with E-state index in [0.29, 0.717) is 21.5 Å². The molecule has 0 atom stereocenters. The lowest BCUT2D eigenvalue weighted by Gasteiger charge is -2.28. The largest absolute Gasteiger partial charge is 0.439 e. The molecule has 3 aromatic rings. The van der Waals surface area contributed by atoms with E-state index in [1.54, 1.807) is 12.1 Å². The molecule has 114 valence electrons. The molecule has 0 saturated heterocycles. The van der Waals surface area contributed by atoms with Crippen molar-refractivity contribution in [1.29, 1.82) is 0 Å². The number of hydrogen-bond donors (Lipinski definition) is 0. The average Bonchev–Trinajstić information content (AvgIpc) is 3.03. The maximum absolute atomic E-state index is 6.28. The van der Waals surface area contributed by atoms with E-state index >= 15 is 0 Å². The Hall–Kier alpha value is -2.16. The summed E-state index contributed by atoms with van der Waals surface area (Å²) in [6, 6.07) is 22.9. The molecule has 0 saturated carbocycles. The summed E-state index contributed by atoms with van der Waals surface area (Å²) in [5.41, 5.74) is 1.74. The molecule has 0 amide bonds. The lowest BCUT2D eigenvalue weighted by Crippen LogP contribution is -2.36. The first-order valence-electron chi connectivity index (χ1n) is 7.18. The molecule has 0 fully saturated rings. The molecule has 1 aliphatic heterocycles. The van der Waals surface area contributed by atoms with Gasteiger partial charge < -0.3 is 9.47 Å². The van der Waals surface area contributed by atoms with Crippen LogP contribution in [-0.2, 0) is 5.79 Å². The number of benzene rings is 3. The van der Waals surface area contributed by atoms with Crippen LogP contribution in [0.25, 0.3) is 0 Å². The number of ether oxygens (including phenoxy) is 2. The standard InChI is InChI=1S/C19H12Cl2O2/c20-15-11-12-16(21)18-17(15)22-19(23-18,13-7-3-1-4-8-13)14-9-5-2-6-10-14/h1-12H. The second-order valence-electron chi connectivity index (χ2n) is 5.24. The Kier molecular flexibility index (Phi) is 3.44. The van der Waals surface area contributed by atoms with Gasteiger partial charge in [0.15, 0.2) is 11.5 Å². The summed E-state index contributed by atoms with van der Waals surface area (Å²) in [6.45, 7) is 0. The predicted octanol–water partition coefficient (Wildman–Crippen LogP) is 5.67. The van der Waals surface area contributed by atoms with Crippen LogP contribution in [0.4, 0.5) is 0 Å². The summed E-state index contributed by atoms with van der Waals surface area (Å²) in [7, 11) is 0. The Balaban J connectivity index is 1.94. The monoisotopic (exact) mass is 342 g/mol. The molecule has 4 heteroatoms. The second-order valence-corrected chi connectivity index (χ2v) is 6.05. The van der Waals surface area contributed by atoms with Gasteiger partial charge in [0.2, 0.25) is 0 Å². The van der Waals surface area contributed by atoms with Gasteiger partial charge in [0.1, 0.15) is 0 Å². The average molecular weight is 343 g/mol. The van der Waals surface area contributed by atoms with E-state index in [1.807, 2.05) is 60.7 Å². The van der Waals surface area contributed by atoms with Crippen LogP contribution in [-0.4, -0.2) is 0 Å². The molecule has 23 heavy (non-hydrogen) atoms. The van der Waals surface area contributed by atoms with E-state index in [2.05, 4.69) is 0 Å². The maximum Gasteiger partial charge on any atom is 0.305 e. The van der Waals surface area contributed by atoms with Crippen molar-refractivity contribution < 1.29 is 9.47 Å². The number of rotatable bonds is 2. The fourth-order valence-electron chi connectivity index (χ4n) is 2.73. The molecule has 0 aromatic heterocycles. The summed E-state index contributed by atoms with van der Waals surface area (Å²) in [5, 5.41) is 0.941. The van der Waals surface area contributed by atoms with Crippen LogP contribution < -0.4 is 9.47 Å². The fraction of sp³-hybridized carbons (Fsp3) is 0.0526. The van der Waals surface area contributed by atoms with Crippen LogP contribution in [0.3, 0.4) is 0 Å². The molecule has 3 aromatic carbocycles. The highest BCUT2D eigenvalue weighted by molar-refractivity contribution is 6.35. The van der Waals surface area contributed by atoms with Gasteiger partial charge in [0, 0.05) is 11.1 Å². The van der Waals surface area contributed by atoms with Gasteiger partial charge in [-0.1, -0.05) is 83.9 Å². The van der Waals surface area contributed by atoms with Crippen LogP contribution in [0.2, 0.25) is 10.0 Å². The summed E-state index contributed by atoms with van der Waals surface area (Å²) >= 11 is 12.6. The molecule has 1 aliphatic rings. The first kappa shape index (κ1) is 14.4. The Morgan fingerprint density at radius 3 is 1.35 bits per heavy atom. The van der Waals surface area contributed by atoms with Gasteiger partial charge in [-0.25, -0.2) is 0 Å². The zero-order valence-electron chi connectivity index (χ0n) is 12.0. The lowest BCUT2D eigenvalue weighted by atomic mass is 9.97. The van der Waals surface area contributed by atoms with Gasteiger partial charge in [-0.05, 0) is 12.1 Å². The van der Waals surface area contributed by atoms with E-state index in [9.17, 15) is 0 Å². The zero-order valence-corrected chi connectivity index (χ0v) is 13.5. The quantitative estimate of drug-likeness (QED) is 0.597. The first-order valence-corrected chi connectivity index (χ1v) is 7.93. The topological polar surface area (TPSA) is 18.5 Å². The second kappa shape index (κ2) is 5.48. The van der Waals surface area contributed by atoms with Gasteiger partial charge >= 0.3 is 5.79 Å². The Morgan fingerprint density at radius 1 is 0.565 bits per heavy atom. The molecule has 0 spiro atoms. The Bertz CT molecular complexity index is 776. The molecule has 0 radical (unpaired) electrons. The summed E-state index contributed by atoms with van der Waals surface area (Å²) in [6.07, 6.45) is 0. The zero-order chi connectivity index (χ0) is 15.9. The van der Waals surface area contributed by atoms with E-state index in [0.717, 1.165) is 11.1 Å². The van der Waals surface area contributed by atoms with Crippen molar-refractivity contribution in [1.82, 2.24) is 0 Å². The van der Waals surface area contributed by atoms with Gasteiger partial charge in [-0.2, -0.15) is 0 Å². The van der Waals surface area contributed by atoms with E-state index in [1.165, 1.54) is 0 Å². The fourth-order valence-corrected chi connectivity index (χ4v) is 3.11. The van der Waals surface area contributed by atoms with Crippen molar-refractivity contribution in [2.24, 2.45) is 0 Å². The van der Waals surface area contributed by atoms with Crippen LogP contribution in [0.1, 0.15) is 11.1 Å². The highest BCUT2D eigenvalue weighted by Gasteiger charge is 2.47. The van der Waals surface area contributed by atoms with Crippen LogP contribution in [0.5, 0.6) is 11.5 Å². The van der Waals surface area contributed by atoms with Crippen LogP contribution in [0.15, 0.2) is 72.8 Å². The lowest BCUT2D eigenvalue weighted by molar-refractivity contribution is -0.0458. The van der Waals surface area contributed by atoms with Crippen molar-refractivity contribution in [2.75, 3.05) is 0 Å². The third kappa shape index (κ3) is 2.26. The van der Waals surface area contributed by atoms with Crippen molar-refractivity contribution in [3.63, 3.8) is 0 Å². The normalized spacial score (nSPS) is 14.7. The third-order valence-corrected chi connectivity index (χ3v) is 4.41. The number of halogens is 2. The highest BCUT2D eigenvalue weighted by Crippen LogP contribution is 2.53. The molecule has 0 aliphatic carbocycles. The van der Waals surface area contributed by atoms with E-state index < -0.39 is 5.79 Å². The van der Waals surface area contributed by atoms with Gasteiger partial charge in [-0.15, -0.1) is 0 Å². The van der Waals surface area contributed by atoms with Crippen molar-refractivity contribution >= 4 is 23.2 Å². The highest BCUT2D eigenvalue weighted by atomic mass is 35.5. The van der Waals surface area contributed by atoms with Crippen molar-refractivity contribution in [3.8, 4) is 11.5 Å². The molecule has 4 rings (SSSR count). The Morgan fingerprint density at radius 2 is 0.957 bits per heavy atom. The van der Waals surface area contributed by atoms with Gasteiger partial charge in [0.05, 0.1) is 10.0 Å². The molecule has 0 bridgehead atoms. The van der Waals surface area contributed by atoms with Gasteiger partial charge in [0.25, 0.3) is 0 Å². The van der Waals surface area contributed by atoms with E-state index in [-0.39, 0.29) is 0 Å². The molecular formula is C19H12Cl2O2. The maximum atomic E-state index is 6.28. The van der Waals surface area contributed by atoms with Crippen molar-refractivity contribution in [3.05, 3.63) is 94.0 Å². The molecule has 0 unspecified atom stereocenters. The molecule has 0 N–H and O–H groups in total. The summed E-state index contributed by atoms with van der Waals surface area (Å²) in [4.78, 5) is 0. The minimum atomic E-state index is -1.10. The number of hydrogen-bond acceptors (Lipinski definition) is 2. The predicted molar refractivity (Wildman–Crippen MR) is 91.4 cm³/mol. The van der Waals surface area contributed by atoms with Crippen LogP contribution in [0, 0.1) is 0 Å². The summed E-state index contributed by atoms with van der Waals surface area (Å²) < 4.78 is 12.5. The number of fused-ring (bicyclic) bond motifs is 1. The molecule has 2 nitrogen and oxygen atoms in total. The van der Waals surface area contributed by atoms with Crippen LogP contribution >= 0.6 is 23.2 Å². The minimum absolute atomic E-state index is 0.465. The first-order chi connectivity index (χ1) is 11.2. The Labute approximate surface area is 144 Å². The van der Waals surface area contributed by atoms with E-state index in [4.69, 9.17) is 32.7 Å². The van der Waals surface area contributed by atoms with Crippen molar-refractivity contribution in [2.45, 2.75) is 5.79 Å². The smallest absolute Gasteiger partial charge is 0.305 e. The minimum Gasteiger partial charge on any atom is -0.439 e. The molecular weight excluding hydrogens is 331 g/mol.